The van der Waals surface area contributed by atoms with Gasteiger partial charge in [-0.05, 0) is 12.3 Å². The summed E-state index contributed by atoms with van der Waals surface area (Å²) in [5, 5.41) is 0. The molecule has 0 heterocycles. The fraction of sp³-hybridized carbons (Fsp3) is 0.727. The molecule has 0 spiro atoms. The third-order valence-corrected chi connectivity index (χ3v) is 2.69. The zero-order valence-electron chi connectivity index (χ0n) is 7.94. The van der Waals surface area contributed by atoms with Crippen LogP contribution in [-0.2, 0) is 4.79 Å². The average Bonchev–Trinajstić information content (AvgIpc) is 1.97. The normalized spacial score (nSPS) is 17.1. The van der Waals surface area contributed by atoms with Crippen molar-refractivity contribution in [2.75, 3.05) is 0 Å². The monoisotopic (exact) mass is 166 g/mol. The van der Waals surface area contributed by atoms with E-state index in [4.69, 9.17) is 0 Å². The second kappa shape index (κ2) is 4.44. The van der Waals surface area contributed by atoms with E-state index in [0.717, 1.165) is 18.4 Å². The molecule has 1 saturated carbocycles. The summed E-state index contributed by atoms with van der Waals surface area (Å²) in [6, 6.07) is 0. The first-order chi connectivity index (χ1) is 5.72. The van der Waals surface area contributed by atoms with E-state index in [2.05, 4.69) is 13.5 Å². The third-order valence-electron chi connectivity index (χ3n) is 2.69. The van der Waals surface area contributed by atoms with Crippen LogP contribution in [0.25, 0.3) is 0 Å². The van der Waals surface area contributed by atoms with Crippen molar-refractivity contribution < 1.29 is 4.79 Å². The second-order valence-corrected chi connectivity index (χ2v) is 3.82. The molecular formula is C11H18O. The Morgan fingerprint density at radius 3 is 2.58 bits per heavy atom. The summed E-state index contributed by atoms with van der Waals surface area (Å²) in [6.07, 6.45) is 6.23. The van der Waals surface area contributed by atoms with Crippen LogP contribution in [0.1, 0.15) is 45.4 Å². The molecule has 1 fully saturated rings. The SMILES string of the molecule is C=C(CC)CC(=O)CC1CCC1. The maximum atomic E-state index is 11.4. The average molecular weight is 166 g/mol. The van der Waals surface area contributed by atoms with Crippen molar-refractivity contribution in [2.24, 2.45) is 5.92 Å². The predicted molar refractivity (Wildman–Crippen MR) is 51.0 cm³/mol. The number of hydrogen-bond donors (Lipinski definition) is 0. The molecule has 0 bridgehead atoms. The maximum Gasteiger partial charge on any atom is 0.137 e. The van der Waals surface area contributed by atoms with Gasteiger partial charge in [-0.15, -0.1) is 0 Å². The fourth-order valence-corrected chi connectivity index (χ4v) is 1.49. The van der Waals surface area contributed by atoms with E-state index < -0.39 is 0 Å². The number of carbonyl (C=O) groups is 1. The highest BCUT2D eigenvalue weighted by Gasteiger charge is 2.20. The third kappa shape index (κ3) is 2.80. The summed E-state index contributed by atoms with van der Waals surface area (Å²) in [4.78, 5) is 11.4. The summed E-state index contributed by atoms with van der Waals surface area (Å²) in [5.74, 6) is 1.11. The van der Waals surface area contributed by atoms with Crippen molar-refractivity contribution in [2.45, 2.75) is 45.4 Å². The molecular weight excluding hydrogens is 148 g/mol. The Hall–Kier alpha value is -0.590. The minimum atomic E-state index is 0.395. The van der Waals surface area contributed by atoms with Crippen molar-refractivity contribution in [3.8, 4) is 0 Å². The van der Waals surface area contributed by atoms with E-state index in [9.17, 15) is 4.79 Å². The van der Waals surface area contributed by atoms with E-state index in [1.165, 1.54) is 19.3 Å². The lowest BCUT2D eigenvalue weighted by Crippen LogP contribution is -2.15. The number of rotatable bonds is 5. The van der Waals surface area contributed by atoms with Crippen LogP contribution in [0.3, 0.4) is 0 Å². The maximum absolute atomic E-state index is 11.4. The Kier molecular flexibility index (Phi) is 3.51. The molecule has 68 valence electrons. The molecule has 1 heteroatoms. The van der Waals surface area contributed by atoms with Crippen LogP contribution in [0.15, 0.2) is 12.2 Å². The summed E-state index contributed by atoms with van der Waals surface area (Å²) in [6.45, 7) is 5.90. The van der Waals surface area contributed by atoms with Gasteiger partial charge in [-0.1, -0.05) is 38.3 Å². The lowest BCUT2D eigenvalue weighted by molar-refractivity contribution is -0.119. The first kappa shape index (κ1) is 9.50. The van der Waals surface area contributed by atoms with Gasteiger partial charge in [-0.3, -0.25) is 4.79 Å². The van der Waals surface area contributed by atoms with Gasteiger partial charge < -0.3 is 0 Å². The van der Waals surface area contributed by atoms with Gasteiger partial charge in [0.05, 0.1) is 0 Å². The van der Waals surface area contributed by atoms with Crippen molar-refractivity contribution >= 4 is 5.78 Å². The summed E-state index contributed by atoms with van der Waals surface area (Å²) in [7, 11) is 0. The molecule has 0 aromatic carbocycles. The van der Waals surface area contributed by atoms with Crippen LogP contribution in [0, 0.1) is 5.92 Å². The number of Topliss-reactive ketones (excluding diaryl/α,β-unsaturated/α-hetero) is 1. The first-order valence-corrected chi connectivity index (χ1v) is 4.90. The summed E-state index contributed by atoms with van der Waals surface area (Å²) in [5.41, 5.74) is 1.08. The number of ketones is 1. The number of hydrogen-bond acceptors (Lipinski definition) is 1. The molecule has 0 amide bonds. The Morgan fingerprint density at radius 2 is 2.17 bits per heavy atom. The van der Waals surface area contributed by atoms with Crippen LogP contribution < -0.4 is 0 Å². The zero-order chi connectivity index (χ0) is 8.97. The Morgan fingerprint density at radius 1 is 1.50 bits per heavy atom. The fourth-order valence-electron chi connectivity index (χ4n) is 1.49. The van der Waals surface area contributed by atoms with Crippen molar-refractivity contribution in [1.82, 2.24) is 0 Å². The topological polar surface area (TPSA) is 17.1 Å². The van der Waals surface area contributed by atoms with Crippen molar-refractivity contribution in [1.29, 1.82) is 0 Å². The minimum Gasteiger partial charge on any atom is -0.299 e. The van der Waals surface area contributed by atoms with Crippen LogP contribution in [0.4, 0.5) is 0 Å². The van der Waals surface area contributed by atoms with Gasteiger partial charge in [0, 0.05) is 12.8 Å². The number of allylic oxidation sites excluding steroid dienone is 1. The van der Waals surface area contributed by atoms with Crippen LogP contribution in [0.2, 0.25) is 0 Å². The minimum absolute atomic E-state index is 0.395. The molecule has 0 radical (unpaired) electrons. The summed E-state index contributed by atoms with van der Waals surface area (Å²) < 4.78 is 0. The molecule has 0 aliphatic heterocycles. The van der Waals surface area contributed by atoms with E-state index in [-0.39, 0.29) is 0 Å². The zero-order valence-corrected chi connectivity index (χ0v) is 7.94. The van der Waals surface area contributed by atoms with Gasteiger partial charge >= 0.3 is 0 Å². The lowest BCUT2D eigenvalue weighted by atomic mass is 9.81. The van der Waals surface area contributed by atoms with E-state index >= 15 is 0 Å². The molecule has 12 heavy (non-hydrogen) atoms. The van der Waals surface area contributed by atoms with Gasteiger partial charge in [0.25, 0.3) is 0 Å². The van der Waals surface area contributed by atoms with Gasteiger partial charge in [-0.2, -0.15) is 0 Å². The van der Waals surface area contributed by atoms with Gasteiger partial charge in [0.2, 0.25) is 0 Å². The Balaban J connectivity index is 2.14. The van der Waals surface area contributed by atoms with Gasteiger partial charge in [0.1, 0.15) is 5.78 Å². The molecule has 0 aromatic rings. The second-order valence-electron chi connectivity index (χ2n) is 3.82. The van der Waals surface area contributed by atoms with Crippen molar-refractivity contribution in [3.05, 3.63) is 12.2 Å². The molecule has 1 aliphatic carbocycles. The standard InChI is InChI=1S/C11H18O/c1-3-9(2)7-11(12)8-10-5-4-6-10/h10H,2-8H2,1H3. The molecule has 0 unspecified atom stereocenters. The Bertz CT molecular complexity index is 177. The molecule has 0 atom stereocenters. The van der Waals surface area contributed by atoms with Gasteiger partial charge in [0.15, 0.2) is 0 Å². The highest BCUT2D eigenvalue weighted by molar-refractivity contribution is 5.80. The van der Waals surface area contributed by atoms with Crippen LogP contribution in [0.5, 0.6) is 0 Å². The van der Waals surface area contributed by atoms with Crippen molar-refractivity contribution in [3.63, 3.8) is 0 Å². The molecule has 1 rings (SSSR count). The molecule has 0 N–H and O–H groups in total. The van der Waals surface area contributed by atoms with Crippen LogP contribution in [-0.4, -0.2) is 5.78 Å². The largest absolute Gasteiger partial charge is 0.299 e. The van der Waals surface area contributed by atoms with E-state index in [1.54, 1.807) is 0 Å². The van der Waals surface area contributed by atoms with Gasteiger partial charge in [-0.25, -0.2) is 0 Å². The van der Waals surface area contributed by atoms with E-state index in [1.807, 2.05) is 0 Å². The smallest absolute Gasteiger partial charge is 0.137 e. The quantitative estimate of drug-likeness (QED) is 0.573. The van der Waals surface area contributed by atoms with E-state index in [0.29, 0.717) is 18.1 Å². The number of carbonyl (C=O) groups excluding carboxylic acids is 1. The first-order valence-electron chi connectivity index (χ1n) is 4.90. The lowest BCUT2D eigenvalue weighted by Gasteiger charge is -2.24. The molecule has 0 aromatic heterocycles. The molecule has 1 nitrogen and oxygen atoms in total. The highest BCUT2D eigenvalue weighted by atomic mass is 16.1. The summed E-state index contributed by atoms with van der Waals surface area (Å²) >= 11 is 0. The Labute approximate surface area is 74.9 Å². The van der Waals surface area contributed by atoms with Crippen LogP contribution >= 0.6 is 0 Å². The highest BCUT2D eigenvalue weighted by Crippen LogP contribution is 2.30. The molecule has 1 aliphatic rings. The predicted octanol–water partition coefficient (Wildman–Crippen LogP) is 3.10. The molecule has 0 saturated heterocycles.